The van der Waals surface area contributed by atoms with E-state index in [1.807, 2.05) is 5.64 Å². The lowest BCUT2D eigenvalue weighted by Crippen LogP contribution is -2.32. The van der Waals surface area contributed by atoms with Crippen LogP contribution in [-0.4, -0.2) is 17.8 Å². The van der Waals surface area contributed by atoms with Crippen molar-refractivity contribution in [1.29, 1.82) is 0 Å². The first kappa shape index (κ1) is 5.29. The summed E-state index contributed by atoms with van der Waals surface area (Å²) in [5.41, 5.74) is 6.72. The van der Waals surface area contributed by atoms with Crippen molar-refractivity contribution in [3.8, 4) is 0 Å². The first-order chi connectivity index (χ1) is 3.80. The van der Waals surface area contributed by atoms with Gasteiger partial charge >= 0.3 is 6.03 Å². The first-order valence-electron chi connectivity index (χ1n) is 1.91. The van der Waals surface area contributed by atoms with Gasteiger partial charge < -0.3 is 5.73 Å². The van der Waals surface area contributed by atoms with Gasteiger partial charge in [0.2, 0.25) is 0 Å². The molecule has 46 valence electrons. The minimum absolute atomic E-state index is 0.0231. The number of primary amides is 1. The van der Waals surface area contributed by atoms with Crippen molar-refractivity contribution >= 4 is 6.03 Å². The quantitative estimate of drug-likeness (QED) is 0.415. The van der Waals surface area contributed by atoms with Gasteiger partial charge in [-0.1, -0.05) is 5.64 Å². The average molecular weight is 119 g/mol. The maximum atomic E-state index is 10.1. The maximum Gasteiger partial charge on any atom is 0.342 e. The predicted octanol–water partition coefficient (Wildman–Crippen LogP) is -1.29. The molecule has 0 radical (unpaired) electrons. The molecule has 0 unspecified atom stereocenters. The highest BCUT2D eigenvalue weighted by atomic mass is 17.0. The van der Waals surface area contributed by atoms with Crippen LogP contribution in [0.1, 0.15) is 0 Å². The number of urea groups is 1. The average Bonchev–Trinajstić information content (AvgIpc) is 2.12. The van der Waals surface area contributed by atoms with Crippen LogP contribution in [-0.2, 0) is 9.78 Å². The number of nitrogens with zero attached hydrogens (tertiary/aromatic N) is 1. The topological polar surface area (TPSA) is 76.8 Å². The molecular weight excluding hydrogens is 114 g/mol. The Kier molecular flexibility index (Phi) is 1.29. The molecule has 1 fully saturated rings. The van der Waals surface area contributed by atoms with E-state index in [1.165, 1.54) is 0 Å². The molecule has 3 N–H and O–H groups in total. The Morgan fingerprint density at radius 3 is 2.88 bits per heavy atom. The van der Waals surface area contributed by atoms with Crippen LogP contribution in [0.5, 0.6) is 0 Å². The molecule has 0 aromatic rings. The second-order valence-electron chi connectivity index (χ2n) is 1.16. The zero-order valence-electron chi connectivity index (χ0n) is 3.96. The van der Waals surface area contributed by atoms with Crippen molar-refractivity contribution in [2.45, 2.75) is 0 Å². The molecule has 0 aromatic heterocycles. The van der Waals surface area contributed by atoms with Gasteiger partial charge in [0.15, 0.2) is 6.73 Å². The van der Waals surface area contributed by atoms with E-state index in [1.54, 1.807) is 0 Å². The monoisotopic (exact) mass is 119 g/mol. The van der Waals surface area contributed by atoms with Crippen molar-refractivity contribution in [2.75, 3.05) is 6.73 Å². The summed E-state index contributed by atoms with van der Waals surface area (Å²) in [6, 6.07) is -0.685. The number of rotatable bonds is 0. The SMILES string of the molecule is NC(=O)N1CONO1. The van der Waals surface area contributed by atoms with Gasteiger partial charge in [-0.25, -0.2) is 4.79 Å². The summed E-state index contributed by atoms with van der Waals surface area (Å²) < 4.78 is 0. The van der Waals surface area contributed by atoms with Gasteiger partial charge in [-0.15, -0.1) is 0 Å². The van der Waals surface area contributed by atoms with E-state index >= 15 is 0 Å². The van der Waals surface area contributed by atoms with Gasteiger partial charge in [0.05, 0.1) is 0 Å². The minimum Gasteiger partial charge on any atom is -0.350 e. The Morgan fingerprint density at radius 2 is 2.62 bits per heavy atom. The van der Waals surface area contributed by atoms with Crippen molar-refractivity contribution in [2.24, 2.45) is 5.73 Å². The maximum absolute atomic E-state index is 10.1. The largest absolute Gasteiger partial charge is 0.350 e. The van der Waals surface area contributed by atoms with Crippen LogP contribution in [0, 0.1) is 0 Å². The number of hydroxylamine groups is 2. The lowest BCUT2D eigenvalue weighted by molar-refractivity contribution is -0.153. The van der Waals surface area contributed by atoms with Gasteiger partial charge in [0.1, 0.15) is 0 Å². The van der Waals surface area contributed by atoms with E-state index in [-0.39, 0.29) is 6.73 Å². The van der Waals surface area contributed by atoms with Gasteiger partial charge in [0, 0.05) is 0 Å². The van der Waals surface area contributed by atoms with Gasteiger partial charge in [-0.05, 0) is 0 Å². The summed E-state index contributed by atoms with van der Waals surface area (Å²) in [5, 5.41) is 0.833. The molecule has 1 aliphatic heterocycles. The van der Waals surface area contributed by atoms with E-state index in [0.717, 1.165) is 5.06 Å². The van der Waals surface area contributed by atoms with E-state index in [0.29, 0.717) is 0 Å². The van der Waals surface area contributed by atoms with Crippen LogP contribution in [0.4, 0.5) is 4.79 Å². The molecule has 1 heterocycles. The van der Waals surface area contributed by atoms with Gasteiger partial charge in [-0.2, -0.15) is 10.0 Å². The lowest BCUT2D eigenvalue weighted by atomic mass is 11.0. The molecule has 0 saturated carbocycles. The van der Waals surface area contributed by atoms with Gasteiger partial charge in [-0.3, -0.25) is 4.84 Å². The molecule has 6 nitrogen and oxygen atoms in total. The smallest absolute Gasteiger partial charge is 0.342 e. The molecule has 0 bridgehead atoms. The fourth-order valence-corrected chi connectivity index (χ4v) is 0.291. The molecule has 1 rings (SSSR count). The molecule has 2 amide bonds. The van der Waals surface area contributed by atoms with Crippen molar-refractivity contribution in [1.82, 2.24) is 10.7 Å². The number of amides is 2. The second kappa shape index (κ2) is 1.95. The number of carbonyl (C=O) groups is 1. The zero-order valence-corrected chi connectivity index (χ0v) is 3.96. The second-order valence-corrected chi connectivity index (χ2v) is 1.16. The van der Waals surface area contributed by atoms with Crippen molar-refractivity contribution in [3.63, 3.8) is 0 Å². The third-order valence-electron chi connectivity index (χ3n) is 0.634. The van der Waals surface area contributed by atoms with Crippen LogP contribution in [0.25, 0.3) is 0 Å². The summed E-state index contributed by atoms with van der Waals surface area (Å²) in [6.45, 7) is 0.0231. The zero-order chi connectivity index (χ0) is 5.98. The summed E-state index contributed by atoms with van der Waals surface area (Å²) in [7, 11) is 0. The molecule has 1 saturated heterocycles. The molecular formula is C2H5N3O3. The Balaban J connectivity index is 2.35. The van der Waals surface area contributed by atoms with Crippen LogP contribution < -0.4 is 11.4 Å². The molecule has 6 heteroatoms. The van der Waals surface area contributed by atoms with Crippen LogP contribution in [0.3, 0.4) is 0 Å². The Bertz CT molecular complexity index is 98.7. The van der Waals surface area contributed by atoms with E-state index < -0.39 is 6.03 Å². The van der Waals surface area contributed by atoms with Crippen LogP contribution in [0.15, 0.2) is 0 Å². The molecule has 0 atom stereocenters. The number of hydrogen-bond acceptors (Lipinski definition) is 4. The molecule has 0 aromatic carbocycles. The fraction of sp³-hybridized carbons (Fsp3) is 0.500. The highest BCUT2D eigenvalue weighted by molar-refractivity contribution is 5.70. The third-order valence-corrected chi connectivity index (χ3v) is 0.634. The summed E-state index contributed by atoms with van der Waals surface area (Å²) in [4.78, 5) is 18.8. The molecule has 0 aliphatic carbocycles. The summed E-state index contributed by atoms with van der Waals surface area (Å²) in [5.74, 6) is 0. The van der Waals surface area contributed by atoms with Gasteiger partial charge in [0.25, 0.3) is 0 Å². The molecule has 8 heavy (non-hydrogen) atoms. The molecule has 1 aliphatic rings. The van der Waals surface area contributed by atoms with Crippen molar-refractivity contribution in [3.05, 3.63) is 0 Å². The highest BCUT2D eigenvalue weighted by Crippen LogP contribution is 1.92. The van der Waals surface area contributed by atoms with Crippen LogP contribution in [0.2, 0.25) is 0 Å². The summed E-state index contributed by atoms with van der Waals surface area (Å²) >= 11 is 0. The lowest BCUT2D eigenvalue weighted by Gasteiger charge is -2.02. The number of nitrogens with one attached hydrogen (secondary N) is 1. The Morgan fingerprint density at radius 1 is 1.88 bits per heavy atom. The first-order valence-corrected chi connectivity index (χ1v) is 1.91. The third kappa shape index (κ3) is 0.861. The minimum atomic E-state index is -0.685. The van der Waals surface area contributed by atoms with E-state index in [9.17, 15) is 4.79 Å². The highest BCUT2D eigenvalue weighted by Gasteiger charge is 2.15. The Hall–Kier alpha value is -0.850. The van der Waals surface area contributed by atoms with Crippen molar-refractivity contribution < 1.29 is 14.6 Å². The molecule has 0 spiro atoms. The summed E-state index contributed by atoms with van der Waals surface area (Å²) in [6.07, 6.45) is 0. The number of carbonyl (C=O) groups excluding carboxylic acids is 1. The fourth-order valence-electron chi connectivity index (χ4n) is 0.291. The van der Waals surface area contributed by atoms with E-state index in [4.69, 9.17) is 5.73 Å². The number of hydrogen-bond donors (Lipinski definition) is 2. The van der Waals surface area contributed by atoms with Crippen LogP contribution >= 0.6 is 0 Å². The normalized spacial score (nSPS) is 19.2. The van der Waals surface area contributed by atoms with E-state index in [2.05, 4.69) is 9.78 Å². The number of nitrogens with two attached hydrogens (primary N) is 1. The predicted molar refractivity (Wildman–Crippen MR) is 21.6 cm³/mol. The Labute approximate surface area is 45.0 Å². The standard InChI is InChI=1S/C2H5N3O3/c3-2(6)5-1-7-4-8-5/h4H,1H2,(H2,3,6).